The number of hydrogen-bond donors (Lipinski definition) is 2. The highest BCUT2D eigenvalue weighted by Crippen LogP contribution is 2.45. The standard InChI is InChI=1S/C24H32O4Si/c1-15-14-27-22(20(15)24(5,6)26)18-13-12-16-17(21(18)25)10-9-11-19(16)28-29(7,8)23(2,3)4/h9-14,25-26H,1-8H3. The van der Waals surface area contributed by atoms with Gasteiger partial charge in [-0.15, -0.1) is 0 Å². The van der Waals surface area contributed by atoms with E-state index in [0.717, 1.165) is 16.7 Å². The molecule has 2 N–H and O–H groups in total. The Morgan fingerprint density at radius 2 is 1.62 bits per heavy atom. The first-order valence-corrected chi connectivity index (χ1v) is 12.9. The molecule has 1 aromatic heterocycles. The lowest BCUT2D eigenvalue weighted by Gasteiger charge is -2.36. The van der Waals surface area contributed by atoms with E-state index in [9.17, 15) is 10.2 Å². The first kappa shape index (κ1) is 21.5. The Balaban J connectivity index is 2.17. The van der Waals surface area contributed by atoms with Crippen LogP contribution in [0.25, 0.3) is 22.1 Å². The fourth-order valence-electron chi connectivity index (χ4n) is 3.42. The second-order valence-corrected chi connectivity index (χ2v) is 14.6. The van der Waals surface area contributed by atoms with Crippen LogP contribution in [0.15, 0.2) is 41.0 Å². The predicted octanol–water partition coefficient (Wildman–Crippen LogP) is 6.73. The molecule has 0 atom stereocenters. The summed E-state index contributed by atoms with van der Waals surface area (Å²) >= 11 is 0. The van der Waals surface area contributed by atoms with Crippen LogP contribution in [0.2, 0.25) is 18.1 Å². The van der Waals surface area contributed by atoms with Crippen LogP contribution in [0.3, 0.4) is 0 Å². The molecule has 5 heteroatoms. The van der Waals surface area contributed by atoms with Crippen molar-refractivity contribution in [1.82, 2.24) is 0 Å². The first-order chi connectivity index (χ1) is 13.2. The van der Waals surface area contributed by atoms with Gasteiger partial charge >= 0.3 is 0 Å². The summed E-state index contributed by atoms with van der Waals surface area (Å²) in [5, 5.41) is 23.3. The van der Waals surface area contributed by atoms with Gasteiger partial charge in [-0.25, -0.2) is 0 Å². The Hall–Kier alpha value is -2.24. The van der Waals surface area contributed by atoms with Gasteiger partial charge in [0.15, 0.2) is 0 Å². The van der Waals surface area contributed by atoms with Crippen LogP contribution in [0, 0.1) is 6.92 Å². The fourth-order valence-corrected chi connectivity index (χ4v) is 4.45. The van der Waals surface area contributed by atoms with E-state index in [1.165, 1.54) is 0 Å². The summed E-state index contributed by atoms with van der Waals surface area (Å²) < 4.78 is 12.3. The molecule has 0 saturated carbocycles. The molecule has 4 nitrogen and oxygen atoms in total. The van der Waals surface area contributed by atoms with Crippen LogP contribution in [-0.2, 0) is 5.60 Å². The lowest BCUT2D eigenvalue weighted by molar-refractivity contribution is 0.0781. The quantitative estimate of drug-likeness (QED) is 0.467. The van der Waals surface area contributed by atoms with E-state index < -0.39 is 13.9 Å². The number of phenolic OH excluding ortho intramolecular Hbond substituents is 1. The van der Waals surface area contributed by atoms with Crippen LogP contribution in [0.5, 0.6) is 11.5 Å². The number of phenols is 1. The van der Waals surface area contributed by atoms with Crippen molar-refractivity contribution in [3.63, 3.8) is 0 Å². The van der Waals surface area contributed by atoms with Crippen molar-refractivity contribution in [3.8, 4) is 22.8 Å². The summed E-state index contributed by atoms with van der Waals surface area (Å²) in [6, 6.07) is 9.54. The van der Waals surface area contributed by atoms with Crippen LogP contribution >= 0.6 is 0 Å². The lowest BCUT2D eigenvalue weighted by atomic mass is 9.91. The van der Waals surface area contributed by atoms with Gasteiger partial charge in [-0.1, -0.05) is 32.9 Å². The average molecular weight is 413 g/mol. The smallest absolute Gasteiger partial charge is 0.250 e. The van der Waals surface area contributed by atoms with Crippen molar-refractivity contribution in [2.45, 2.75) is 65.3 Å². The molecule has 0 aliphatic rings. The molecular weight excluding hydrogens is 380 g/mol. The largest absolute Gasteiger partial charge is 0.543 e. The van der Waals surface area contributed by atoms with E-state index in [4.69, 9.17) is 8.84 Å². The molecule has 0 radical (unpaired) electrons. The van der Waals surface area contributed by atoms with Crippen molar-refractivity contribution >= 4 is 19.1 Å². The van der Waals surface area contributed by atoms with Gasteiger partial charge in [-0.3, -0.25) is 0 Å². The van der Waals surface area contributed by atoms with Crippen LogP contribution in [-0.4, -0.2) is 18.5 Å². The third-order valence-corrected chi connectivity index (χ3v) is 10.3. The number of aryl methyl sites for hydroxylation is 1. The number of rotatable bonds is 4. The molecular formula is C24H32O4Si. The van der Waals surface area contributed by atoms with E-state index in [2.05, 4.69) is 33.9 Å². The van der Waals surface area contributed by atoms with Crippen molar-refractivity contribution in [2.75, 3.05) is 0 Å². The Labute approximate surface area is 174 Å². The number of fused-ring (bicyclic) bond motifs is 1. The van der Waals surface area contributed by atoms with Crippen molar-refractivity contribution in [2.24, 2.45) is 0 Å². The van der Waals surface area contributed by atoms with Gasteiger partial charge in [-0.2, -0.15) is 0 Å². The molecule has 0 aliphatic carbocycles. The van der Waals surface area contributed by atoms with E-state index in [1.807, 2.05) is 37.3 Å². The lowest BCUT2D eigenvalue weighted by Crippen LogP contribution is -2.43. The van der Waals surface area contributed by atoms with E-state index in [0.29, 0.717) is 22.3 Å². The number of furan rings is 1. The highest BCUT2D eigenvalue weighted by atomic mass is 28.4. The van der Waals surface area contributed by atoms with Gasteiger partial charge in [0.05, 0.1) is 17.4 Å². The van der Waals surface area contributed by atoms with E-state index in [-0.39, 0.29) is 10.8 Å². The summed E-state index contributed by atoms with van der Waals surface area (Å²) in [4.78, 5) is 0. The Morgan fingerprint density at radius 1 is 0.966 bits per heavy atom. The highest BCUT2D eigenvalue weighted by Gasteiger charge is 2.39. The molecule has 2 aromatic carbocycles. The molecule has 0 saturated heterocycles. The molecule has 3 rings (SSSR count). The molecule has 0 bridgehead atoms. The fraction of sp³-hybridized carbons (Fsp3) is 0.417. The summed E-state index contributed by atoms with van der Waals surface area (Å²) in [7, 11) is -2.02. The molecule has 29 heavy (non-hydrogen) atoms. The highest BCUT2D eigenvalue weighted by molar-refractivity contribution is 6.74. The summed E-state index contributed by atoms with van der Waals surface area (Å²) in [5.74, 6) is 1.41. The Morgan fingerprint density at radius 3 is 2.21 bits per heavy atom. The molecule has 0 aliphatic heterocycles. The van der Waals surface area contributed by atoms with Gasteiger partial charge in [0, 0.05) is 16.3 Å². The van der Waals surface area contributed by atoms with Crippen LogP contribution in [0.1, 0.15) is 45.7 Å². The first-order valence-electron chi connectivity index (χ1n) is 9.99. The molecule has 156 valence electrons. The Kier molecular flexibility index (Phi) is 5.12. The number of benzene rings is 2. The number of hydrogen-bond acceptors (Lipinski definition) is 4. The molecule has 1 heterocycles. The topological polar surface area (TPSA) is 62.8 Å². The minimum absolute atomic E-state index is 0.0739. The second kappa shape index (κ2) is 6.92. The van der Waals surface area contributed by atoms with Crippen molar-refractivity contribution in [1.29, 1.82) is 0 Å². The van der Waals surface area contributed by atoms with Gasteiger partial charge in [-0.05, 0) is 62.7 Å². The van der Waals surface area contributed by atoms with Gasteiger partial charge in [0.1, 0.15) is 17.3 Å². The van der Waals surface area contributed by atoms with Crippen LogP contribution < -0.4 is 4.43 Å². The summed E-state index contributed by atoms with van der Waals surface area (Å²) in [6.07, 6.45) is 1.61. The zero-order chi connectivity index (χ0) is 21.8. The van der Waals surface area contributed by atoms with Crippen LogP contribution in [0.4, 0.5) is 0 Å². The third-order valence-electron chi connectivity index (χ3n) is 6.00. The van der Waals surface area contributed by atoms with Crippen molar-refractivity contribution in [3.05, 3.63) is 47.7 Å². The van der Waals surface area contributed by atoms with E-state index in [1.54, 1.807) is 20.1 Å². The summed E-state index contributed by atoms with van der Waals surface area (Å²) in [6.45, 7) is 16.4. The maximum absolute atomic E-state index is 11.1. The molecule has 0 fully saturated rings. The van der Waals surface area contributed by atoms with Gasteiger partial charge < -0.3 is 19.1 Å². The zero-order valence-electron chi connectivity index (χ0n) is 18.7. The maximum Gasteiger partial charge on any atom is 0.250 e. The zero-order valence-corrected chi connectivity index (χ0v) is 19.7. The minimum Gasteiger partial charge on any atom is -0.543 e. The number of aliphatic hydroxyl groups is 1. The molecule has 0 spiro atoms. The predicted molar refractivity (Wildman–Crippen MR) is 121 cm³/mol. The maximum atomic E-state index is 11.1. The Bertz CT molecular complexity index is 1050. The SMILES string of the molecule is Cc1coc(-c2ccc3c(O[Si](C)(C)C(C)(C)C)cccc3c2O)c1C(C)(C)O. The monoisotopic (exact) mass is 412 g/mol. The molecule has 0 unspecified atom stereocenters. The number of aromatic hydroxyl groups is 1. The van der Waals surface area contributed by atoms with E-state index >= 15 is 0 Å². The molecule has 0 amide bonds. The second-order valence-electron chi connectivity index (χ2n) is 9.86. The normalized spacial score (nSPS) is 13.1. The summed E-state index contributed by atoms with van der Waals surface area (Å²) in [5.41, 5.74) is 1.01. The average Bonchev–Trinajstić information content (AvgIpc) is 2.96. The third kappa shape index (κ3) is 3.81. The van der Waals surface area contributed by atoms with Crippen molar-refractivity contribution < 1.29 is 19.1 Å². The van der Waals surface area contributed by atoms with Gasteiger partial charge in [0.2, 0.25) is 0 Å². The molecule has 3 aromatic rings. The van der Waals surface area contributed by atoms with Gasteiger partial charge in [0.25, 0.3) is 8.32 Å². The minimum atomic E-state index is -2.02.